The number of hydrogen-bond acceptors (Lipinski definition) is 4. The van der Waals surface area contributed by atoms with E-state index >= 15 is 0 Å². The highest BCUT2D eigenvalue weighted by atomic mass is 32.2. The first kappa shape index (κ1) is 23.9. The Morgan fingerprint density at radius 1 is 1.09 bits per heavy atom. The molecule has 0 N–H and O–H groups in total. The van der Waals surface area contributed by atoms with Crippen molar-refractivity contribution in [2.24, 2.45) is 16.8 Å². The van der Waals surface area contributed by atoms with Gasteiger partial charge in [-0.25, -0.2) is 8.42 Å². The predicted octanol–water partition coefficient (Wildman–Crippen LogP) is 4.75. The van der Waals surface area contributed by atoms with E-state index in [1.165, 1.54) is 34.6 Å². The number of amides is 1. The molecule has 4 rings (SSSR count). The molecule has 2 aromatic carbocycles. The van der Waals surface area contributed by atoms with Gasteiger partial charge >= 0.3 is 0 Å². The van der Waals surface area contributed by atoms with Gasteiger partial charge in [0.1, 0.15) is 0 Å². The quantitative estimate of drug-likeness (QED) is 0.536. The van der Waals surface area contributed by atoms with Gasteiger partial charge in [0.25, 0.3) is 5.91 Å². The summed E-state index contributed by atoms with van der Waals surface area (Å²) in [5, 5.41) is 0. The molecule has 1 amide bonds. The molecule has 0 spiro atoms. The Hall–Kier alpha value is -2.29. The molecular weight excluding hydrogens is 454 g/mol. The van der Waals surface area contributed by atoms with E-state index in [2.05, 4.69) is 49.4 Å². The van der Waals surface area contributed by atoms with Gasteiger partial charge in [0.05, 0.1) is 15.1 Å². The van der Waals surface area contributed by atoms with E-state index in [4.69, 9.17) is 0 Å². The van der Waals surface area contributed by atoms with Crippen LogP contribution < -0.4 is 4.80 Å². The highest BCUT2D eigenvalue weighted by Crippen LogP contribution is 2.27. The molecule has 2 heterocycles. The molecule has 0 saturated carbocycles. The zero-order chi connectivity index (χ0) is 23.9. The zero-order valence-electron chi connectivity index (χ0n) is 19.8. The first-order chi connectivity index (χ1) is 15.6. The van der Waals surface area contributed by atoms with Gasteiger partial charge in [0, 0.05) is 25.2 Å². The number of carbonyl (C=O) groups is 1. The maximum absolute atomic E-state index is 13.1. The molecule has 2 atom stereocenters. The minimum atomic E-state index is -3.58. The summed E-state index contributed by atoms with van der Waals surface area (Å²) in [6, 6.07) is 10.4. The first-order valence-corrected chi connectivity index (χ1v) is 13.7. The van der Waals surface area contributed by atoms with Crippen LogP contribution in [0.4, 0.5) is 0 Å². The molecule has 3 aromatic rings. The van der Waals surface area contributed by atoms with Crippen molar-refractivity contribution in [1.82, 2.24) is 8.87 Å². The summed E-state index contributed by atoms with van der Waals surface area (Å²) in [5.74, 6) is 0.298. The molecule has 1 fully saturated rings. The predicted molar refractivity (Wildman–Crippen MR) is 133 cm³/mol. The van der Waals surface area contributed by atoms with Crippen LogP contribution in [-0.2, 0) is 16.6 Å². The monoisotopic (exact) mass is 485 g/mol. The third-order valence-corrected chi connectivity index (χ3v) is 9.28. The fourth-order valence-electron chi connectivity index (χ4n) is 4.78. The van der Waals surface area contributed by atoms with Gasteiger partial charge in [-0.3, -0.25) is 4.79 Å². The average molecular weight is 486 g/mol. The number of piperidine rings is 1. The number of thiazole rings is 1. The van der Waals surface area contributed by atoms with Crippen molar-refractivity contribution in [3.05, 3.63) is 57.9 Å². The summed E-state index contributed by atoms with van der Waals surface area (Å²) in [7, 11) is -3.58. The summed E-state index contributed by atoms with van der Waals surface area (Å²) < 4.78 is 31.0. The number of rotatable bonds is 4. The third-order valence-electron chi connectivity index (χ3n) is 6.20. The number of fused-ring (bicyclic) bond motifs is 1. The number of aryl methyl sites for hydroxylation is 3. The van der Waals surface area contributed by atoms with Gasteiger partial charge < -0.3 is 4.57 Å². The number of nitrogens with zero attached hydrogens (tertiary/aromatic N) is 3. The van der Waals surface area contributed by atoms with Crippen molar-refractivity contribution in [2.75, 3.05) is 13.1 Å². The van der Waals surface area contributed by atoms with E-state index in [0.717, 1.165) is 16.6 Å². The highest BCUT2D eigenvalue weighted by Gasteiger charge is 2.31. The lowest BCUT2D eigenvalue weighted by molar-refractivity contribution is 0.0997. The largest absolute Gasteiger partial charge is 0.317 e. The Balaban J connectivity index is 1.64. The lowest BCUT2D eigenvalue weighted by Crippen LogP contribution is -2.42. The van der Waals surface area contributed by atoms with Crippen molar-refractivity contribution in [1.29, 1.82) is 0 Å². The molecule has 1 saturated heterocycles. The normalized spacial score (nSPS) is 20.5. The standard InChI is InChI=1S/C25H31N3O3S2/c1-6-28-22-13-16(2)12-19(5)23(22)32-25(28)26-24(29)20-7-9-21(10-8-20)33(30,31)27-14-17(3)11-18(4)15-27/h7-10,12-13,17-18H,6,11,14-15H2,1-5H3. The fourth-order valence-corrected chi connectivity index (χ4v) is 7.60. The van der Waals surface area contributed by atoms with Crippen LogP contribution in [0.2, 0.25) is 0 Å². The van der Waals surface area contributed by atoms with Gasteiger partial charge in [-0.1, -0.05) is 31.3 Å². The summed E-state index contributed by atoms with van der Waals surface area (Å²) in [6.07, 6.45) is 1.04. The molecule has 0 aliphatic carbocycles. The second-order valence-electron chi connectivity index (χ2n) is 9.27. The number of aromatic nitrogens is 1. The summed E-state index contributed by atoms with van der Waals surface area (Å²) in [5.41, 5.74) is 3.80. The van der Waals surface area contributed by atoms with Gasteiger partial charge in [-0.05, 0) is 80.5 Å². The van der Waals surface area contributed by atoms with Crippen LogP contribution in [0.25, 0.3) is 10.2 Å². The summed E-state index contributed by atoms with van der Waals surface area (Å²) in [4.78, 5) is 18.2. The number of carbonyl (C=O) groups excluding carboxylic acids is 1. The second-order valence-corrected chi connectivity index (χ2v) is 12.2. The number of hydrogen-bond donors (Lipinski definition) is 0. The van der Waals surface area contributed by atoms with E-state index in [1.54, 1.807) is 16.4 Å². The minimum absolute atomic E-state index is 0.219. The first-order valence-electron chi connectivity index (χ1n) is 11.4. The highest BCUT2D eigenvalue weighted by molar-refractivity contribution is 7.89. The summed E-state index contributed by atoms with van der Waals surface area (Å²) in [6.45, 7) is 12.1. The second kappa shape index (κ2) is 9.16. The SMILES string of the molecule is CCn1c(=NC(=O)c2ccc(S(=O)(=O)N3CC(C)CC(C)C3)cc2)sc2c(C)cc(C)cc21. The van der Waals surface area contributed by atoms with Gasteiger partial charge in [0.2, 0.25) is 10.0 Å². The maximum Gasteiger partial charge on any atom is 0.279 e. The van der Waals surface area contributed by atoms with Crippen LogP contribution in [0.1, 0.15) is 48.7 Å². The van der Waals surface area contributed by atoms with Gasteiger partial charge in [-0.15, -0.1) is 0 Å². The number of benzene rings is 2. The Morgan fingerprint density at radius 3 is 2.33 bits per heavy atom. The Bertz CT molecular complexity index is 1360. The molecule has 176 valence electrons. The van der Waals surface area contributed by atoms with Crippen LogP contribution in [0.15, 0.2) is 46.3 Å². The van der Waals surface area contributed by atoms with E-state index in [9.17, 15) is 13.2 Å². The Kier molecular flexibility index (Phi) is 6.62. The van der Waals surface area contributed by atoms with Crippen molar-refractivity contribution >= 4 is 37.5 Å². The van der Waals surface area contributed by atoms with Crippen LogP contribution in [0.3, 0.4) is 0 Å². The molecular formula is C25H31N3O3S2. The molecule has 6 nitrogen and oxygen atoms in total. The molecule has 2 unspecified atom stereocenters. The van der Waals surface area contributed by atoms with Gasteiger partial charge in [-0.2, -0.15) is 9.30 Å². The Labute approximate surface area is 199 Å². The van der Waals surface area contributed by atoms with Gasteiger partial charge in [0.15, 0.2) is 4.80 Å². The van der Waals surface area contributed by atoms with Crippen LogP contribution in [-0.4, -0.2) is 36.3 Å². The number of sulfonamides is 1. The lowest BCUT2D eigenvalue weighted by Gasteiger charge is -2.34. The molecule has 1 aliphatic rings. The minimum Gasteiger partial charge on any atom is -0.317 e. The Morgan fingerprint density at radius 2 is 1.73 bits per heavy atom. The maximum atomic E-state index is 13.1. The van der Waals surface area contributed by atoms with E-state index in [-0.39, 0.29) is 10.8 Å². The van der Waals surface area contributed by atoms with E-state index in [1.807, 2.05) is 6.92 Å². The lowest BCUT2D eigenvalue weighted by atomic mass is 9.94. The van der Waals surface area contributed by atoms with E-state index in [0.29, 0.717) is 41.8 Å². The van der Waals surface area contributed by atoms with Crippen molar-refractivity contribution in [3.63, 3.8) is 0 Å². The van der Waals surface area contributed by atoms with E-state index < -0.39 is 10.0 Å². The smallest absolute Gasteiger partial charge is 0.279 e. The molecule has 0 bridgehead atoms. The third kappa shape index (κ3) is 4.69. The fraction of sp³-hybridized carbons (Fsp3) is 0.440. The van der Waals surface area contributed by atoms with Crippen LogP contribution in [0, 0.1) is 25.7 Å². The molecule has 1 aromatic heterocycles. The molecule has 0 radical (unpaired) electrons. The zero-order valence-corrected chi connectivity index (χ0v) is 21.5. The molecule has 8 heteroatoms. The topological polar surface area (TPSA) is 71.7 Å². The van der Waals surface area contributed by atoms with Crippen LogP contribution in [0.5, 0.6) is 0 Å². The van der Waals surface area contributed by atoms with Crippen LogP contribution >= 0.6 is 11.3 Å². The molecule has 33 heavy (non-hydrogen) atoms. The van der Waals surface area contributed by atoms with Crippen molar-refractivity contribution in [2.45, 2.75) is 52.5 Å². The van der Waals surface area contributed by atoms with Crippen molar-refractivity contribution < 1.29 is 13.2 Å². The molecule has 1 aliphatic heterocycles. The summed E-state index contributed by atoms with van der Waals surface area (Å²) >= 11 is 1.51. The average Bonchev–Trinajstić information content (AvgIpc) is 3.10. The van der Waals surface area contributed by atoms with Crippen molar-refractivity contribution in [3.8, 4) is 0 Å².